The lowest BCUT2D eigenvalue weighted by atomic mass is 10.1. The van der Waals surface area contributed by atoms with Gasteiger partial charge in [0.05, 0.1) is 11.0 Å². The summed E-state index contributed by atoms with van der Waals surface area (Å²) in [5.74, 6) is -0.314. The van der Waals surface area contributed by atoms with Crippen molar-refractivity contribution in [2.24, 2.45) is 5.73 Å². The average Bonchev–Trinajstić information content (AvgIpc) is 3.01. The number of pyridine rings is 2. The van der Waals surface area contributed by atoms with Crippen molar-refractivity contribution in [1.29, 1.82) is 0 Å². The number of primary amides is 1. The van der Waals surface area contributed by atoms with Gasteiger partial charge in [0.15, 0.2) is 0 Å². The number of nitrogens with zero attached hydrogens (tertiary/aromatic N) is 4. The molecule has 1 unspecified atom stereocenters. The van der Waals surface area contributed by atoms with Gasteiger partial charge in [0, 0.05) is 53.2 Å². The second kappa shape index (κ2) is 8.11. The third kappa shape index (κ3) is 3.62. The van der Waals surface area contributed by atoms with Crippen LogP contribution in [0.1, 0.15) is 17.8 Å². The number of hydrogen-bond donors (Lipinski definition) is 1. The van der Waals surface area contributed by atoms with Crippen LogP contribution in [0.3, 0.4) is 0 Å². The van der Waals surface area contributed by atoms with Crippen LogP contribution in [0.4, 0.5) is 11.4 Å². The number of rotatable bonds is 3. The minimum atomic E-state index is -0.449. The first kappa shape index (κ1) is 20.2. The van der Waals surface area contributed by atoms with Crippen molar-refractivity contribution in [2.45, 2.75) is 26.3 Å². The van der Waals surface area contributed by atoms with Gasteiger partial charge in [0.2, 0.25) is 5.91 Å². The third-order valence-corrected chi connectivity index (χ3v) is 6.22. The zero-order valence-corrected chi connectivity index (χ0v) is 18.5. The topological polar surface area (TPSA) is 75.3 Å². The minimum absolute atomic E-state index is 0.314. The Morgan fingerprint density at radius 2 is 1.44 bits per heavy atom. The summed E-state index contributed by atoms with van der Waals surface area (Å²) in [7, 11) is 0. The number of nitrogens with two attached hydrogens (primary N) is 1. The van der Waals surface area contributed by atoms with Crippen molar-refractivity contribution >= 4 is 39.1 Å². The van der Waals surface area contributed by atoms with E-state index in [9.17, 15) is 4.79 Å². The van der Waals surface area contributed by atoms with Gasteiger partial charge in [-0.15, -0.1) is 0 Å². The fourth-order valence-corrected chi connectivity index (χ4v) is 4.81. The van der Waals surface area contributed by atoms with Gasteiger partial charge in [-0.25, -0.2) is 0 Å². The molecular weight excluding hydrogens is 398 g/mol. The van der Waals surface area contributed by atoms with E-state index < -0.39 is 6.04 Å². The van der Waals surface area contributed by atoms with Gasteiger partial charge in [0.25, 0.3) is 0 Å². The van der Waals surface area contributed by atoms with E-state index in [2.05, 4.69) is 44.0 Å². The smallest absolute Gasteiger partial charge is 0.241 e. The number of aryl methyl sites for hydroxylation is 2. The SMILES string of the molecule is Cc1cc(N2CCCN(c3cc(C)nc4ccccc34)C(C(N)=O)C2)c2ccccc2n1. The summed E-state index contributed by atoms with van der Waals surface area (Å²) in [6.45, 7) is 6.12. The van der Waals surface area contributed by atoms with Crippen LogP contribution in [0.5, 0.6) is 0 Å². The molecule has 6 nitrogen and oxygen atoms in total. The summed E-state index contributed by atoms with van der Waals surface area (Å²) < 4.78 is 0. The second-order valence-corrected chi connectivity index (χ2v) is 8.51. The number of anilines is 2. The van der Waals surface area contributed by atoms with Crippen molar-refractivity contribution in [2.75, 3.05) is 29.4 Å². The Morgan fingerprint density at radius 1 is 0.875 bits per heavy atom. The summed E-state index contributed by atoms with van der Waals surface area (Å²) in [5.41, 5.74) is 11.9. The molecule has 0 saturated carbocycles. The highest BCUT2D eigenvalue weighted by atomic mass is 16.1. The molecule has 2 aromatic carbocycles. The number of benzene rings is 2. The molecule has 1 atom stereocenters. The second-order valence-electron chi connectivity index (χ2n) is 8.51. The van der Waals surface area contributed by atoms with E-state index in [-0.39, 0.29) is 5.91 Å². The van der Waals surface area contributed by atoms with Crippen LogP contribution in [0.25, 0.3) is 21.8 Å². The van der Waals surface area contributed by atoms with Crippen molar-refractivity contribution in [3.05, 3.63) is 72.1 Å². The molecule has 32 heavy (non-hydrogen) atoms. The molecule has 1 aliphatic rings. The van der Waals surface area contributed by atoms with E-state index in [0.717, 1.165) is 64.1 Å². The van der Waals surface area contributed by atoms with Crippen molar-refractivity contribution in [1.82, 2.24) is 9.97 Å². The van der Waals surface area contributed by atoms with Gasteiger partial charge < -0.3 is 15.5 Å². The normalized spacial score (nSPS) is 17.0. The molecule has 0 aliphatic carbocycles. The number of para-hydroxylation sites is 2. The first-order valence-corrected chi connectivity index (χ1v) is 11.0. The van der Waals surface area contributed by atoms with Crippen LogP contribution in [-0.4, -0.2) is 41.6 Å². The van der Waals surface area contributed by atoms with Crippen LogP contribution < -0.4 is 15.5 Å². The van der Waals surface area contributed by atoms with Crippen molar-refractivity contribution < 1.29 is 4.79 Å². The highest BCUT2D eigenvalue weighted by Crippen LogP contribution is 2.32. The number of carbonyl (C=O) groups is 1. The Morgan fingerprint density at radius 3 is 2.06 bits per heavy atom. The summed E-state index contributed by atoms with van der Waals surface area (Å²) >= 11 is 0. The zero-order chi connectivity index (χ0) is 22.2. The molecule has 1 aliphatic heterocycles. The Hall–Kier alpha value is -3.67. The predicted molar refractivity (Wildman–Crippen MR) is 130 cm³/mol. The Bertz CT molecular complexity index is 1320. The molecule has 1 amide bonds. The monoisotopic (exact) mass is 425 g/mol. The summed E-state index contributed by atoms with van der Waals surface area (Å²) in [6.07, 6.45) is 0.912. The van der Waals surface area contributed by atoms with Crippen LogP contribution >= 0.6 is 0 Å². The molecule has 5 rings (SSSR count). The molecule has 4 aromatic rings. The molecule has 6 heteroatoms. The van der Waals surface area contributed by atoms with E-state index in [1.165, 1.54) is 0 Å². The molecule has 162 valence electrons. The maximum Gasteiger partial charge on any atom is 0.241 e. The van der Waals surface area contributed by atoms with Gasteiger partial charge in [-0.2, -0.15) is 0 Å². The molecule has 0 radical (unpaired) electrons. The molecular formula is C26H27N5O. The molecule has 1 saturated heterocycles. The summed E-state index contributed by atoms with van der Waals surface area (Å²) in [6, 6.07) is 20.0. The zero-order valence-electron chi connectivity index (χ0n) is 18.5. The number of carbonyl (C=O) groups excluding carboxylic acids is 1. The molecule has 1 fully saturated rings. The fraction of sp³-hybridized carbons (Fsp3) is 0.269. The molecule has 3 heterocycles. The first-order chi connectivity index (χ1) is 15.5. The first-order valence-electron chi connectivity index (χ1n) is 11.0. The Labute approximate surface area is 187 Å². The van der Waals surface area contributed by atoms with E-state index in [1.807, 2.05) is 50.2 Å². The fourth-order valence-electron chi connectivity index (χ4n) is 4.81. The minimum Gasteiger partial charge on any atom is -0.368 e. The molecule has 0 spiro atoms. The van der Waals surface area contributed by atoms with Crippen molar-refractivity contribution in [3.63, 3.8) is 0 Å². The van der Waals surface area contributed by atoms with Crippen LogP contribution in [-0.2, 0) is 4.79 Å². The number of hydrogen-bond acceptors (Lipinski definition) is 5. The highest BCUT2D eigenvalue weighted by Gasteiger charge is 2.31. The molecule has 2 aromatic heterocycles. The lowest BCUT2D eigenvalue weighted by Gasteiger charge is -2.33. The van der Waals surface area contributed by atoms with Gasteiger partial charge in [-0.05, 0) is 44.5 Å². The lowest BCUT2D eigenvalue weighted by molar-refractivity contribution is -0.119. The lowest BCUT2D eigenvalue weighted by Crippen LogP contribution is -2.50. The largest absolute Gasteiger partial charge is 0.368 e. The van der Waals surface area contributed by atoms with Gasteiger partial charge in [-0.3, -0.25) is 14.8 Å². The average molecular weight is 426 g/mol. The Balaban J connectivity index is 1.59. The van der Waals surface area contributed by atoms with Crippen LogP contribution in [0.15, 0.2) is 60.7 Å². The number of amides is 1. The Kier molecular flexibility index (Phi) is 5.13. The quantitative estimate of drug-likeness (QED) is 0.538. The van der Waals surface area contributed by atoms with Gasteiger partial charge >= 0.3 is 0 Å². The third-order valence-electron chi connectivity index (χ3n) is 6.22. The van der Waals surface area contributed by atoms with Gasteiger partial charge in [0.1, 0.15) is 6.04 Å². The summed E-state index contributed by atoms with van der Waals surface area (Å²) in [5, 5.41) is 2.14. The van der Waals surface area contributed by atoms with Crippen LogP contribution in [0, 0.1) is 13.8 Å². The maximum absolute atomic E-state index is 12.7. The van der Waals surface area contributed by atoms with Gasteiger partial charge in [-0.1, -0.05) is 36.4 Å². The van der Waals surface area contributed by atoms with E-state index in [0.29, 0.717) is 6.54 Å². The van der Waals surface area contributed by atoms with E-state index in [1.54, 1.807) is 0 Å². The van der Waals surface area contributed by atoms with E-state index in [4.69, 9.17) is 5.73 Å². The van der Waals surface area contributed by atoms with E-state index >= 15 is 0 Å². The predicted octanol–water partition coefficient (Wildman–Crippen LogP) is 3.97. The number of fused-ring (bicyclic) bond motifs is 2. The highest BCUT2D eigenvalue weighted by molar-refractivity contribution is 5.96. The molecule has 0 bridgehead atoms. The van der Waals surface area contributed by atoms with Crippen LogP contribution in [0.2, 0.25) is 0 Å². The molecule has 2 N–H and O–H groups in total. The summed E-state index contributed by atoms with van der Waals surface area (Å²) in [4.78, 5) is 26.6. The maximum atomic E-state index is 12.7. The standard InChI is InChI=1S/C26H27N5O/c1-17-14-23(19-8-3-5-10-21(19)28-17)30-12-7-13-31(25(16-30)26(27)32)24-15-18(2)29-22-11-6-4-9-20(22)24/h3-6,8-11,14-15,25H,7,12-13,16H2,1-2H3,(H2,27,32). The number of aromatic nitrogens is 2. The van der Waals surface area contributed by atoms with Crippen molar-refractivity contribution in [3.8, 4) is 0 Å².